The van der Waals surface area contributed by atoms with Crippen LogP contribution in [0, 0.1) is 17.8 Å². The van der Waals surface area contributed by atoms with E-state index in [4.69, 9.17) is 12.2 Å². The quantitative estimate of drug-likeness (QED) is 0.663. The van der Waals surface area contributed by atoms with Crippen molar-refractivity contribution in [3.63, 3.8) is 0 Å². The maximum atomic E-state index is 11.9. The Hall–Kier alpha value is -1.01. The van der Waals surface area contributed by atoms with E-state index < -0.39 is 0 Å². The first-order chi connectivity index (χ1) is 7.18. The predicted octanol–water partition coefficient (Wildman–Crippen LogP) is 1.03. The minimum atomic E-state index is -0.317. The number of nitrogens with two attached hydrogens (primary N) is 1. The van der Waals surface area contributed by atoms with Gasteiger partial charge in [0.1, 0.15) is 0 Å². The second kappa shape index (κ2) is 5.18. The van der Waals surface area contributed by atoms with Gasteiger partial charge in [0, 0.05) is 6.54 Å². The first kappa shape index (κ1) is 12.1. The van der Waals surface area contributed by atoms with Gasteiger partial charge in [-0.3, -0.25) is 4.79 Å². The number of hydrogen-bond donors (Lipinski definition) is 2. The van der Waals surface area contributed by atoms with Gasteiger partial charge in [-0.05, 0) is 19.3 Å². The Kier molecular flexibility index (Phi) is 4.16. The van der Waals surface area contributed by atoms with Crippen LogP contribution in [-0.4, -0.2) is 18.5 Å². The lowest BCUT2D eigenvalue weighted by atomic mass is 9.68. The van der Waals surface area contributed by atoms with Gasteiger partial charge < -0.3 is 11.1 Å². The predicted molar refractivity (Wildman–Crippen MR) is 61.0 cm³/mol. The van der Waals surface area contributed by atoms with Crippen LogP contribution in [-0.2, 0) is 4.79 Å². The zero-order valence-corrected chi connectivity index (χ0v) is 9.38. The molecule has 0 aromatic rings. The molecule has 0 aromatic heterocycles. The molecule has 1 unspecified atom stereocenters. The first-order valence-corrected chi connectivity index (χ1v) is 5.65. The summed E-state index contributed by atoms with van der Waals surface area (Å²) in [6.07, 6.45) is 10.1. The van der Waals surface area contributed by atoms with E-state index in [2.05, 4.69) is 18.2 Å². The lowest BCUT2D eigenvalue weighted by Crippen LogP contribution is -2.52. The van der Waals surface area contributed by atoms with Crippen molar-refractivity contribution >= 4 is 5.91 Å². The van der Waals surface area contributed by atoms with Gasteiger partial charge in [-0.2, -0.15) is 0 Å². The first-order valence-electron chi connectivity index (χ1n) is 5.65. The summed E-state index contributed by atoms with van der Waals surface area (Å²) in [5, 5.41) is 2.91. The van der Waals surface area contributed by atoms with Crippen LogP contribution in [0.15, 0.2) is 0 Å². The Balaban J connectivity index is 2.50. The van der Waals surface area contributed by atoms with Crippen LogP contribution >= 0.6 is 0 Å². The Morgan fingerprint density at radius 3 is 2.67 bits per heavy atom. The number of hydrogen-bond acceptors (Lipinski definition) is 2. The summed E-state index contributed by atoms with van der Waals surface area (Å²) in [5.41, 5.74) is 5.33. The van der Waals surface area contributed by atoms with E-state index in [-0.39, 0.29) is 17.4 Å². The average Bonchev–Trinajstić information content (AvgIpc) is 2.16. The fourth-order valence-corrected chi connectivity index (χ4v) is 1.92. The molecule has 1 aliphatic rings. The minimum Gasteiger partial charge on any atom is -0.342 e. The molecule has 3 nitrogen and oxygen atoms in total. The largest absolute Gasteiger partial charge is 0.342 e. The maximum Gasteiger partial charge on any atom is 0.228 e. The van der Waals surface area contributed by atoms with E-state index in [9.17, 15) is 4.79 Å². The van der Waals surface area contributed by atoms with Crippen LogP contribution < -0.4 is 11.1 Å². The number of nitrogens with one attached hydrogen (secondary N) is 1. The highest BCUT2D eigenvalue weighted by Crippen LogP contribution is 2.40. The van der Waals surface area contributed by atoms with Gasteiger partial charge in [0.05, 0.1) is 11.5 Å². The van der Waals surface area contributed by atoms with Crippen LogP contribution in [0.1, 0.15) is 39.0 Å². The number of amides is 1. The molecule has 1 saturated carbocycles. The van der Waals surface area contributed by atoms with E-state index in [1.807, 2.05) is 0 Å². The van der Waals surface area contributed by atoms with E-state index in [0.29, 0.717) is 6.54 Å². The summed E-state index contributed by atoms with van der Waals surface area (Å²) in [6, 6.07) is -0.133. The van der Waals surface area contributed by atoms with Crippen molar-refractivity contribution in [1.82, 2.24) is 5.32 Å². The fraction of sp³-hybridized carbons (Fsp3) is 0.750. The van der Waals surface area contributed by atoms with Crippen molar-refractivity contribution in [3.8, 4) is 12.3 Å². The van der Waals surface area contributed by atoms with Gasteiger partial charge in [0.25, 0.3) is 0 Å². The van der Waals surface area contributed by atoms with Crippen LogP contribution in [0.5, 0.6) is 0 Å². The average molecular weight is 208 g/mol. The SMILES string of the molecule is C#CC(CCC)NC(=O)C1(CN)CCC1. The Morgan fingerprint density at radius 1 is 1.67 bits per heavy atom. The van der Waals surface area contributed by atoms with Crippen molar-refractivity contribution in [2.75, 3.05) is 6.54 Å². The minimum absolute atomic E-state index is 0.0488. The highest BCUT2D eigenvalue weighted by atomic mass is 16.2. The van der Waals surface area contributed by atoms with Crippen molar-refractivity contribution in [3.05, 3.63) is 0 Å². The third-order valence-corrected chi connectivity index (χ3v) is 3.27. The number of carbonyl (C=O) groups excluding carboxylic acids is 1. The molecule has 3 N–H and O–H groups in total. The molecule has 0 spiro atoms. The van der Waals surface area contributed by atoms with Gasteiger partial charge in [-0.1, -0.05) is 25.7 Å². The molecule has 1 atom stereocenters. The van der Waals surface area contributed by atoms with Gasteiger partial charge in [0.15, 0.2) is 0 Å². The van der Waals surface area contributed by atoms with Crippen LogP contribution in [0.2, 0.25) is 0 Å². The third-order valence-electron chi connectivity index (χ3n) is 3.27. The molecule has 0 bridgehead atoms. The van der Waals surface area contributed by atoms with E-state index in [0.717, 1.165) is 32.1 Å². The Labute approximate surface area is 91.8 Å². The van der Waals surface area contributed by atoms with E-state index in [1.54, 1.807) is 0 Å². The van der Waals surface area contributed by atoms with Gasteiger partial charge >= 0.3 is 0 Å². The number of carbonyl (C=O) groups is 1. The lowest BCUT2D eigenvalue weighted by molar-refractivity contribution is -0.135. The fourth-order valence-electron chi connectivity index (χ4n) is 1.92. The summed E-state index contributed by atoms with van der Waals surface area (Å²) in [6.45, 7) is 2.49. The van der Waals surface area contributed by atoms with Gasteiger partial charge in [-0.15, -0.1) is 6.42 Å². The Morgan fingerprint density at radius 2 is 2.33 bits per heavy atom. The standard InChI is InChI=1S/C12H20N2O/c1-3-6-10(4-2)14-11(15)12(9-13)7-5-8-12/h2,10H,3,5-9,13H2,1H3,(H,14,15). The van der Waals surface area contributed by atoms with Crippen molar-refractivity contribution in [1.29, 1.82) is 0 Å². The third kappa shape index (κ3) is 2.51. The van der Waals surface area contributed by atoms with Crippen molar-refractivity contribution < 1.29 is 4.79 Å². The molecule has 3 heteroatoms. The summed E-state index contributed by atoms with van der Waals surface area (Å²) < 4.78 is 0. The molecule has 1 aliphatic carbocycles. The van der Waals surface area contributed by atoms with E-state index >= 15 is 0 Å². The summed E-state index contributed by atoms with van der Waals surface area (Å²) in [5.74, 6) is 2.65. The smallest absolute Gasteiger partial charge is 0.228 e. The molecule has 84 valence electrons. The lowest BCUT2D eigenvalue weighted by Gasteiger charge is -2.39. The van der Waals surface area contributed by atoms with Crippen LogP contribution in [0.3, 0.4) is 0 Å². The Bertz CT molecular complexity index is 258. The monoisotopic (exact) mass is 208 g/mol. The second-order valence-electron chi connectivity index (χ2n) is 4.32. The summed E-state index contributed by atoms with van der Waals surface area (Å²) >= 11 is 0. The zero-order valence-electron chi connectivity index (χ0n) is 9.38. The highest BCUT2D eigenvalue weighted by Gasteiger charge is 2.43. The van der Waals surface area contributed by atoms with Crippen LogP contribution in [0.25, 0.3) is 0 Å². The molecule has 0 saturated heterocycles. The molecule has 0 radical (unpaired) electrons. The van der Waals surface area contributed by atoms with Crippen LogP contribution in [0.4, 0.5) is 0 Å². The molecule has 0 aliphatic heterocycles. The number of rotatable bonds is 5. The normalized spacial score (nSPS) is 19.8. The van der Waals surface area contributed by atoms with Crippen molar-refractivity contribution in [2.45, 2.75) is 45.1 Å². The molecule has 0 aromatic carbocycles. The zero-order chi connectivity index (χ0) is 11.3. The van der Waals surface area contributed by atoms with Gasteiger partial charge in [0.2, 0.25) is 5.91 Å². The number of terminal acetylenes is 1. The summed E-state index contributed by atoms with van der Waals surface area (Å²) in [7, 11) is 0. The van der Waals surface area contributed by atoms with Gasteiger partial charge in [-0.25, -0.2) is 0 Å². The molecule has 1 amide bonds. The molecule has 0 heterocycles. The summed E-state index contributed by atoms with van der Waals surface area (Å²) in [4.78, 5) is 11.9. The van der Waals surface area contributed by atoms with E-state index in [1.165, 1.54) is 0 Å². The second-order valence-corrected chi connectivity index (χ2v) is 4.32. The molecular weight excluding hydrogens is 188 g/mol. The molecular formula is C12H20N2O. The molecule has 1 fully saturated rings. The topological polar surface area (TPSA) is 55.1 Å². The molecule has 1 rings (SSSR count). The highest BCUT2D eigenvalue weighted by molar-refractivity contribution is 5.84. The molecule has 15 heavy (non-hydrogen) atoms. The maximum absolute atomic E-state index is 11.9. The van der Waals surface area contributed by atoms with Crippen molar-refractivity contribution in [2.24, 2.45) is 11.1 Å².